The van der Waals surface area contributed by atoms with Gasteiger partial charge in [0.15, 0.2) is 5.57 Å². The summed E-state index contributed by atoms with van der Waals surface area (Å²) in [6.45, 7) is 1.94. The van der Waals surface area contributed by atoms with Gasteiger partial charge in [-0.1, -0.05) is 36.4 Å². The van der Waals surface area contributed by atoms with Gasteiger partial charge in [-0.3, -0.25) is 0 Å². The summed E-state index contributed by atoms with van der Waals surface area (Å²) in [4.78, 5) is 13.9. The first-order valence-electron chi connectivity index (χ1n) is 7.33. The summed E-state index contributed by atoms with van der Waals surface area (Å²) in [5, 5.41) is 18.3. The van der Waals surface area contributed by atoms with Crippen molar-refractivity contribution in [1.29, 1.82) is 10.5 Å². The van der Waals surface area contributed by atoms with Gasteiger partial charge in [0.1, 0.15) is 17.8 Å². The number of rotatable bonds is 4. The summed E-state index contributed by atoms with van der Waals surface area (Å²) in [7, 11) is 0. The SMILES string of the molecule is CCOC(=O)/C(=C\c1ccccc1)N1C=CC=CC1=C(C#N)C#N. The first-order valence-corrected chi connectivity index (χ1v) is 7.33. The average Bonchev–Trinajstić information content (AvgIpc) is 2.62. The molecule has 2 rings (SSSR count). The molecule has 0 N–H and O–H groups in total. The van der Waals surface area contributed by atoms with Crippen molar-refractivity contribution in [1.82, 2.24) is 4.90 Å². The molecule has 1 aliphatic rings. The van der Waals surface area contributed by atoms with Gasteiger partial charge in [-0.2, -0.15) is 10.5 Å². The number of hydrogen-bond acceptors (Lipinski definition) is 5. The van der Waals surface area contributed by atoms with Crippen LogP contribution < -0.4 is 0 Å². The maximum absolute atomic E-state index is 12.4. The lowest BCUT2D eigenvalue weighted by Crippen LogP contribution is -2.25. The molecule has 24 heavy (non-hydrogen) atoms. The summed E-state index contributed by atoms with van der Waals surface area (Å²) in [5.41, 5.74) is 1.27. The Morgan fingerprint density at radius 2 is 1.92 bits per heavy atom. The van der Waals surface area contributed by atoms with Crippen LogP contribution in [0.1, 0.15) is 12.5 Å². The predicted molar refractivity (Wildman–Crippen MR) is 89.4 cm³/mol. The molecule has 0 amide bonds. The topological polar surface area (TPSA) is 77.1 Å². The fourth-order valence-corrected chi connectivity index (χ4v) is 2.14. The maximum atomic E-state index is 12.4. The normalized spacial score (nSPS) is 13.2. The molecule has 0 atom stereocenters. The fraction of sp³-hybridized carbons (Fsp3) is 0.105. The van der Waals surface area contributed by atoms with E-state index in [2.05, 4.69) is 0 Å². The van der Waals surface area contributed by atoms with E-state index in [1.54, 1.807) is 37.4 Å². The third-order valence-electron chi connectivity index (χ3n) is 3.19. The molecule has 0 spiro atoms. The highest BCUT2D eigenvalue weighted by Crippen LogP contribution is 2.24. The van der Waals surface area contributed by atoms with Crippen LogP contribution in [-0.2, 0) is 9.53 Å². The fourth-order valence-electron chi connectivity index (χ4n) is 2.14. The summed E-state index contributed by atoms with van der Waals surface area (Å²) in [5.74, 6) is -0.533. The Bertz CT molecular complexity index is 802. The van der Waals surface area contributed by atoms with Gasteiger partial charge in [0.2, 0.25) is 0 Å². The van der Waals surface area contributed by atoms with Crippen molar-refractivity contribution in [3.8, 4) is 12.1 Å². The van der Waals surface area contributed by atoms with Gasteiger partial charge >= 0.3 is 5.97 Å². The molecule has 5 heteroatoms. The Balaban J connectivity index is 2.57. The lowest BCUT2D eigenvalue weighted by Gasteiger charge is -2.25. The van der Waals surface area contributed by atoms with Crippen LogP contribution in [0.3, 0.4) is 0 Å². The molecule has 118 valence electrons. The summed E-state index contributed by atoms with van der Waals surface area (Å²) in [6.07, 6.45) is 8.31. The first-order chi connectivity index (χ1) is 11.7. The number of allylic oxidation sites excluding steroid dienone is 4. The van der Waals surface area contributed by atoms with Crippen LogP contribution in [0.2, 0.25) is 0 Å². The van der Waals surface area contributed by atoms with Gasteiger partial charge in [-0.05, 0) is 30.7 Å². The van der Waals surface area contributed by atoms with Gasteiger partial charge in [0.05, 0.1) is 12.3 Å². The number of benzene rings is 1. The lowest BCUT2D eigenvalue weighted by molar-refractivity contribution is -0.139. The van der Waals surface area contributed by atoms with Gasteiger partial charge < -0.3 is 9.64 Å². The minimum atomic E-state index is -0.533. The number of nitriles is 2. The van der Waals surface area contributed by atoms with E-state index in [9.17, 15) is 4.79 Å². The molecular weight excluding hydrogens is 302 g/mol. The van der Waals surface area contributed by atoms with E-state index in [-0.39, 0.29) is 17.9 Å². The van der Waals surface area contributed by atoms with Crippen LogP contribution in [0.5, 0.6) is 0 Å². The van der Waals surface area contributed by atoms with Crippen LogP contribution in [0.15, 0.2) is 71.7 Å². The monoisotopic (exact) mass is 317 g/mol. The van der Waals surface area contributed by atoms with Gasteiger partial charge in [0.25, 0.3) is 0 Å². The van der Waals surface area contributed by atoms with Crippen molar-refractivity contribution >= 4 is 12.0 Å². The Labute approximate surface area is 140 Å². The predicted octanol–water partition coefficient (Wildman–Crippen LogP) is 3.28. The number of carbonyl (C=O) groups excluding carboxylic acids is 1. The van der Waals surface area contributed by atoms with E-state index >= 15 is 0 Å². The van der Waals surface area contributed by atoms with E-state index in [1.807, 2.05) is 42.5 Å². The maximum Gasteiger partial charge on any atom is 0.355 e. The Hall–Kier alpha value is -3.57. The van der Waals surface area contributed by atoms with Crippen molar-refractivity contribution < 1.29 is 9.53 Å². The van der Waals surface area contributed by atoms with Crippen LogP contribution in [-0.4, -0.2) is 17.5 Å². The molecule has 1 heterocycles. The highest BCUT2D eigenvalue weighted by Gasteiger charge is 2.23. The second-order valence-electron chi connectivity index (χ2n) is 4.72. The molecular formula is C19H15N3O2. The Morgan fingerprint density at radius 1 is 1.21 bits per heavy atom. The zero-order valence-corrected chi connectivity index (χ0v) is 13.1. The van der Waals surface area contributed by atoms with Gasteiger partial charge in [-0.25, -0.2) is 4.79 Å². The smallest absolute Gasteiger partial charge is 0.355 e. The van der Waals surface area contributed by atoms with Crippen molar-refractivity contribution in [3.63, 3.8) is 0 Å². The highest BCUT2D eigenvalue weighted by atomic mass is 16.5. The highest BCUT2D eigenvalue weighted by molar-refractivity contribution is 5.94. The number of hydrogen-bond donors (Lipinski definition) is 0. The van der Waals surface area contributed by atoms with E-state index in [4.69, 9.17) is 15.3 Å². The quantitative estimate of drug-likeness (QED) is 0.484. The van der Waals surface area contributed by atoms with Crippen LogP contribution in [0.25, 0.3) is 6.08 Å². The average molecular weight is 317 g/mol. The Kier molecular flexibility index (Phi) is 5.71. The first kappa shape index (κ1) is 16.8. The minimum Gasteiger partial charge on any atom is -0.461 e. The minimum absolute atomic E-state index is 0.0844. The van der Waals surface area contributed by atoms with Gasteiger partial charge in [0, 0.05) is 6.20 Å². The summed E-state index contributed by atoms with van der Waals surface area (Å²) < 4.78 is 5.13. The zero-order chi connectivity index (χ0) is 17.4. The molecule has 0 fully saturated rings. The number of nitrogens with zero attached hydrogens (tertiary/aromatic N) is 3. The third-order valence-corrected chi connectivity index (χ3v) is 3.19. The number of ether oxygens (including phenoxy) is 1. The molecule has 0 unspecified atom stereocenters. The molecule has 1 aromatic rings. The molecule has 0 radical (unpaired) electrons. The summed E-state index contributed by atoms with van der Waals surface area (Å²) >= 11 is 0. The largest absolute Gasteiger partial charge is 0.461 e. The second kappa shape index (κ2) is 8.17. The second-order valence-corrected chi connectivity index (χ2v) is 4.72. The molecule has 1 aliphatic heterocycles. The molecule has 1 aromatic carbocycles. The van der Waals surface area contributed by atoms with Crippen molar-refractivity contribution in [2.75, 3.05) is 6.61 Å². The van der Waals surface area contributed by atoms with Crippen molar-refractivity contribution in [2.45, 2.75) is 6.92 Å². The zero-order valence-electron chi connectivity index (χ0n) is 13.1. The number of esters is 1. The molecule has 0 saturated carbocycles. The molecule has 5 nitrogen and oxygen atoms in total. The van der Waals surface area contributed by atoms with E-state index < -0.39 is 5.97 Å². The third kappa shape index (κ3) is 3.79. The van der Waals surface area contributed by atoms with E-state index in [1.165, 1.54) is 4.90 Å². The van der Waals surface area contributed by atoms with Crippen molar-refractivity contribution in [3.05, 3.63) is 77.3 Å². The lowest BCUT2D eigenvalue weighted by atomic mass is 10.1. The van der Waals surface area contributed by atoms with Crippen molar-refractivity contribution in [2.24, 2.45) is 0 Å². The van der Waals surface area contributed by atoms with E-state index in [0.29, 0.717) is 5.70 Å². The molecule has 0 saturated heterocycles. The molecule has 0 aromatic heterocycles. The van der Waals surface area contributed by atoms with Crippen LogP contribution in [0, 0.1) is 22.7 Å². The van der Waals surface area contributed by atoms with Gasteiger partial charge in [-0.15, -0.1) is 0 Å². The Morgan fingerprint density at radius 3 is 2.54 bits per heavy atom. The summed E-state index contributed by atoms with van der Waals surface area (Å²) in [6, 6.07) is 13.0. The number of carbonyl (C=O) groups is 1. The van der Waals surface area contributed by atoms with E-state index in [0.717, 1.165) is 5.56 Å². The standard InChI is InChI=1S/C19H15N3O2/c1-2-24-19(23)18(12-15-8-4-3-5-9-15)22-11-7-6-10-17(22)16(13-20)14-21/h3-12H,2H2,1H3/b18-12+. The molecule has 0 bridgehead atoms. The molecule has 0 aliphatic carbocycles. The van der Waals surface area contributed by atoms with Crippen LogP contribution in [0.4, 0.5) is 0 Å². The van der Waals surface area contributed by atoms with Crippen LogP contribution >= 0.6 is 0 Å².